The Labute approximate surface area is 150 Å². The predicted octanol–water partition coefficient (Wildman–Crippen LogP) is 2.47. The van der Waals surface area contributed by atoms with Gasteiger partial charge in [-0.3, -0.25) is 9.79 Å². The lowest BCUT2D eigenvalue weighted by molar-refractivity contribution is -0.131. The summed E-state index contributed by atoms with van der Waals surface area (Å²) in [6.45, 7) is 3.15. The molecule has 1 fully saturated rings. The number of benzene rings is 1. The number of hydrogen-bond acceptors (Lipinski definition) is 5. The quantitative estimate of drug-likeness (QED) is 0.818. The monoisotopic (exact) mass is 369 g/mol. The predicted molar refractivity (Wildman–Crippen MR) is 94.3 cm³/mol. The number of aliphatic imine (C=N–C) groups is 1. The maximum Gasteiger partial charge on any atom is 0.387 e. The number of piperazine rings is 1. The van der Waals surface area contributed by atoms with Gasteiger partial charge in [0.2, 0.25) is 5.91 Å². The zero-order valence-electron chi connectivity index (χ0n) is 14.0. The van der Waals surface area contributed by atoms with Crippen molar-refractivity contribution in [1.29, 1.82) is 0 Å². The van der Waals surface area contributed by atoms with E-state index in [1.165, 1.54) is 12.1 Å². The topological polar surface area (TPSA) is 45.1 Å². The average Bonchev–Trinajstić information content (AvgIpc) is 3.03. The zero-order valence-corrected chi connectivity index (χ0v) is 14.8. The van der Waals surface area contributed by atoms with Gasteiger partial charge in [-0.2, -0.15) is 8.78 Å². The van der Waals surface area contributed by atoms with Crippen LogP contribution in [-0.2, 0) is 11.2 Å². The molecule has 0 aromatic heterocycles. The minimum absolute atomic E-state index is 0.0524. The Bertz CT molecular complexity index is 631. The van der Waals surface area contributed by atoms with Crippen molar-refractivity contribution >= 4 is 22.8 Å². The van der Waals surface area contributed by atoms with Crippen molar-refractivity contribution in [2.24, 2.45) is 4.99 Å². The highest BCUT2D eigenvalue weighted by Gasteiger charge is 2.26. The van der Waals surface area contributed by atoms with Crippen LogP contribution in [0, 0.1) is 0 Å². The van der Waals surface area contributed by atoms with Crippen molar-refractivity contribution in [2.75, 3.05) is 32.7 Å². The number of ether oxygens (including phenoxy) is 1. The first kappa shape index (κ1) is 18.0. The number of halogens is 2. The van der Waals surface area contributed by atoms with Crippen LogP contribution in [-0.4, -0.2) is 65.5 Å². The van der Waals surface area contributed by atoms with Gasteiger partial charge in [0.1, 0.15) is 5.75 Å². The molecule has 5 nitrogen and oxygen atoms in total. The van der Waals surface area contributed by atoms with Gasteiger partial charge in [0, 0.05) is 31.4 Å². The number of alkyl halides is 2. The summed E-state index contributed by atoms with van der Waals surface area (Å²) in [6, 6.07) is 6.22. The number of amidine groups is 1. The average molecular weight is 369 g/mol. The Balaban J connectivity index is 1.48. The van der Waals surface area contributed by atoms with Gasteiger partial charge in [-0.25, -0.2) is 0 Å². The summed E-state index contributed by atoms with van der Waals surface area (Å²) < 4.78 is 28.6. The first-order chi connectivity index (χ1) is 12.0. The molecule has 1 aromatic carbocycles. The van der Waals surface area contributed by atoms with Crippen molar-refractivity contribution < 1.29 is 18.3 Å². The minimum Gasteiger partial charge on any atom is -0.435 e. The smallest absolute Gasteiger partial charge is 0.387 e. The number of carbonyl (C=O) groups is 1. The summed E-state index contributed by atoms with van der Waals surface area (Å²) in [6.07, 6.45) is 0.266. The van der Waals surface area contributed by atoms with Crippen LogP contribution in [0.5, 0.6) is 5.75 Å². The van der Waals surface area contributed by atoms with Gasteiger partial charge in [0.25, 0.3) is 0 Å². The van der Waals surface area contributed by atoms with Crippen molar-refractivity contribution in [3.8, 4) is 5.75 Å². The second-order valence-corrected chi connectivity index (χ2v) is 7.52. The van der Waals surface area contributed by atoms with Crippen LogP contribution in [0.2, 0.25) is 0 Å². The fraction of sp³-hybridized carbons (Fsp3) is 0.529. The molecule has 8 heteroatoms. The molecule has 136 valence electrons. The Morgan fingerprint density at radius 3 is 2.52 bits per heavy atom. The van der Waals surface area contributed by atoms with Crippen molar-refractivity contribution in [1.82, 2.24) is 9.80 Å². The Morgan fingerprint density at radius 1 is 1.28 bits per heavy atom. The molecule has 0 saturated carbocycles. The van der Waals surface area contributed by atoms with Gasteiger partial charge in [0.15, 0.2) is 5.17 Å². The number of nitrogens with zero attached hydrogens (tertiary/aromatic N) is 3. The summed E-state index contributed by atoms with van der Waals surface area (Å²) in [5, 5.41) is 1.63. The lowest BCUT2D eigenvalue weighted by Gasteiger charge is -2.35. The lowest BCUT2D eigenvalue weighted by atomic mass is 10.1. The number of carbonyl (C=O) groups excluding carboxylic acids is 1. The van der Waals surface area contributed by atoms with Crippen LogP contribution in [0.3, 0.4) is 0 Å². The molecule has 1 atom stereocenters. The number of amides is 1. The van der Waals surface area contributed by atoms with Crippen molar-refractivity contribution in [2.45, 2.75) is 25.2 Å². The molecule has 2 aliphatic rings. The molecular formula is C17H21F2N3O2S. The first-order valence-electron chi connectivity index (χ1n) is 8.29. The molecule has 2 aliphatic heterocycles. The Kier molecular flexibility index (Phi) is 5.78. The van der Waals surface area contributed by atoms with E-state index in [9.17, 15) is 13.6 Å². The van der Waals surface area contributed by atoms with E-state index in [4.69, 9.17) is 0 Å². The molecule has 0 N–H and O–H groups in total. The highest BCUT2D eigenvalue weighted by atomic mass is 32.2. The molecule has 0 spiro atoms. The SMILES string of the molecule is C[C@H]1CN=C(N2CCN(C(=O)Cc3ccc(OC(F)F)cc3)CC2)S1. The van der Waals surface area contributed by atoms with Gasteiger partial charge in [0.05, 0.1) is 13.0 Å². The van der Waals surface area contributed by atoms with Gasteiger partial charge in [-0.15, -0.1) is 0 Å². The first-order valence-corrected chi connectivity index (χ1v) is 9.17. The molecular weight excluding hydrogens is 348 g/mol. The zero-order chi connectivity index (χ0) is 17.8. The van der Waals surface area contributed by atoms with Gasteiger partial charge in [-0.05, 0) is 17.7 Å². The van der Waals surface area contributed by atoms with Gasteiger partial charge in [-0.1, -0.05) is 30.8 Å². The van der Waals surface area contributed by atoms with Crippen molar-refractivity contribution in [3.63, 3.8) is 0 Å². The molecule has 0 radical (unpaired) electrons. The third-order valence-corrected chi connectivity index (χ3v) is 5.35. The molecule has 0 bridgehead atoms. The standard InChI is InChI=1S/C17H21F2N3O2S/c1-12-11-20-17(25-12)22-8-6-21(7-9-22)15(23)10-13-2-4-14(5-3-13)24-16(18)19/h2-5,12,16H,6-11H2,1H3/t12-/m0/s1. The van der Waals surface area contributed by atoms with Crippen LogP contribution in [0.15, 0.2) is 29.3 Å². The second-order valence-electron chi connectivity index (χ2n) is 6.12. The molecule has 25 heavy (non-hydrogen) atoms. The van der Waals surface area contributed by atoms with E-state index in [0.717, 1.165) is 30.4 Å². The van der Waals surface area contributed by atoms with Crippen LogP contribution in [0.25, 0.3) is 0 Å². The molecule has 3 rings (SSSR count). The van der Waals surface area contributed by atoms with E-state index in [2.05, 4.69) is 21.6 Å². The van der Waals surface area contributed by atoms with E-state index >= 15 is 0 Å². The summed E-state index contributed by atoms with van der Waals surface area (Å²) in [5.41, 5.74) is 0.790. The van der Waals surface area contributed by atoms with E-state index in [-0.39, 0.29) is 18.1 Å². The van der Waals surface area contributed by atoms with E-state index in [0.29, 0.717) is 18.3 Å². The van der Waals surface area contributed by atoms with Gasteiger partial charge >= 0.3 is 6.61 Å². The summed E-state index contributed by atoms with van der Waals surface area (Å²) in [5.74, 6) is 0.153. The molecule has 2 heterocycles. The van der Waals surface area contributed by atoms with Crippen LogP contribution >= 0.6 is 11.8 Å². The molecule has 0 unspecified atom stereocenters. The van der Waals surface area contributed by atoms with E-state index in [1.807, 2.05) is 4.90 Å². The third-order valence-electron chi connectivity index (χ3n) is 4.20. The molecule has 0 aliphatic carbocycles. The normalized spacial score (nSPS) is 20.8. The summed E-state index contributed by atoms with van der Waals surface area (Å²) in [4.78, 5) is 21.1. The number of hydrogen-bond donors (Lipinski definition) is 0. The maximum absolute atomic E-state index is 12.4. The molecule has 1 amide bonds. The third kappa shape index (κ3) is 4.84. The molecule has 1 aromatic rings. The van der Waals surface area contributed by atoms with E-state index < -0.39 is 6.61 Å². The molecule has 1 saturated heterocycles. The fourth-order valence-corrected chi connectivity index (χ4v) is 3.85. The Morgan fingerprint density at radius 2 is 1.96 bits per heavy atom. The summed E-state index contributed by atoms with van der Waals surface area (Å²) in [7, 11) is 0. The summed E-state index contributed by atoms with van der Waals surface area (Å²) >= 11 is 1.80. The number of thioether (sulfide) groups is 1. The minimum atomic E-state index is -2.84. The van der Waals surface area contributed by atoms with E-state index in [1.54, 1.807) is 23.9 Å². The highest BCUT2D eigenvalue weighted by Crippen LogP contribution is 2.24. The van der Waals surface area contributed by atoms with Crippen LogP contribution in [0.1, 0.15) is 12.5 Å². The largest absolute Gasteiger partial charge is 0.435 e. The Hall–Kier alpha value is -1.83. The second kappa shape index (κ2) is 8.03. The van der Waals surface area contributed by atoms with Crippen LogP contribution < -0.4 is 4.74 Å². The van der Waals surface area contributed by atoms with Gasteiger partial charge < -0.3 is 14.5 Å². The van der Waals surface area contributed by atoms with Crippen LogP contribution in [0.4, 0.5) is 8.78 Å². The maximum atomic E-state index is 12.4. The highest BCUT2D eigenvalue weighted by molar-refractivity contribution is 8.14. The lowest BCUT2D eigenvalue weighted by Crippen LogP contribution is -2.50. The number of rotatable bonds is 4. The van der Waals surface area contributed by atoms with Crippen molar-refractivity contribution in [3.05, 3.63) is 29.8 Å². The fourth-order valence-electron chi connectivity index (χ4n) is 2.86.